The lowest BCUT2D eigenvalue weighted by Crippen LogP contribution is -2.35. The van der Waals surface area contributed by atoms with E-state index in [0.29, 0.717) is 5.41 Å². The number of hydrogen-bond acceptors (Lipinski definition) is 1. The molecule has 3 aliphatic carbocycles. The zero-order valence-electron chi connectivity index (χ0n) is 13.5. The standard InChI is InChI=1S/C20H29N/c1-2-8-21-14-20(12-18-10-19(18)13-20)11-15-6-7-16-4-3-5-17(16)9-15/h6-7,9,18-19,21H,2-5,8,10-14H2,1H3. The summed E-state index contributed by atoms with van der Waals surface area (Å²) >= 11 is 0. The van der Waals surface area contributed by atoms with Gasteiger partial charge in [0.15, 0.2) is 0 Å². The molecule has 0 heterocycles. The molecule has 114 valence electrons. The van der Waals surface area contributed by atoms with Gasteiger partial charge in [0.05, 0.1) is 0 Å². The minimum absolute atomic E-state index is 0.565. The maximum absolute atomic E-state index is 3.73. The van der Waals surface area contributed by atoms with E-state index in [1.54, 1.807) is 16.7 Å². The summed E-state index contributed by atoms with van der Waals surface area (Å²) in [4.78, 5) is 0. The van der Waals surface area contributed by atoms with E-state index < -0.39 is 0 Å². The van der Waals surface area contributed by atoms with Crippen LogP contribution in [0.2, 0.25) is 0 Å². The van der Waals surface area contributed by atoms with E-state index in [2.05, 4.69) is 30.4 Å². The van der Waals surface area contributed by atoms with Crippen LogP contribution >= 0.6 is 0 Å². The SMILES string of the molecule is CCCNCC1(Cc2ccc3c(c2)CCC3)CC2CC2C1. The highest BCUT2D eigenvalue weighted by atomic mass is 14.9. The highest BCUT2D eigenvalue weighted by molar-refractivity contribution is 5.36. The molecule has 0 bridgehead atoms. The van der Waals surface area contributed by atoms with E-state index in [-0.39, 0.29) is 0 Å². The van der Waals surface area contributed by atoms with Crippen molar-refractivity contribution in [2.75, 3.05) is 13.1 Å². The van der Waals surface area contributed by atoms with Crippen LogP contribution in [0.5, 0.6) is 0 Å². The third-order valence-electron chi connectivity index (χ3n) is 6.13. The van der Waals surface area contributed by atoms with Crippen molar-refractivity contribution in [1.29, 1.82) is 0 Å². The lowest BCUT2D eigenvalue weighted by atomic mass is 9.77. The van der Waals surface area contributed by atoms with Crippen molar-refractivity contribution < 1.29 is 0 Å². The Balaban J connectivity index is 1.49. The Morgan fingerprint density at radius 2 is 1.95 bits per heavy atom. The van der Waals surface area contributed by atoms with Crippen LogP contribution in [0.25, 0.3) is 0 Å². The Hall–Kier alpha value is -0.820. The fraction of sp³-hybridized carbons (Fsp3) is 0.700. The van der Waals surface area contributed by atoms with Crippen LogP contribution in [0.4, 0.5) is 0 Å². The predicted octanol–water partition coefficient (Wildman–Crippen LogP) is 4.13. The van der Waals surface area contributed by atoms with Crippen molar-refractivity contribution in [1.82, 2.24) is 5.32 Å². The van der Waals surface area contributed by atoms with Crippen molar-refractivity contribution in [2.24, 2.45) is 17.3 Å². The molecule has 1 nitrogen and oxygen atoms in total. The van der Waals surface area contributed by atoms with Gasteiger partial charge in [0.1, 0.15) is 0 Å². The molecule has 1 heteroatoms. The quantitative estimate of drug-likeness (QED) is 0.774. The Labute approximate surface area is 129 Å². The average Bonchev–Trinajstić information content (AvgIpc) is 2.89. The summed E-state index contributed by atoms with van der Waals surface area (Å²) < 4.78 is 0. The molecular formula is C20H29N. The van der Waals surface area contributed by atoms with Gasteiger partial charge in [-0.05, 0) is 91.9 Å². The van der Waals surface area contributed by atoms with Gasteiger partial charge in [0.25, 0.3) is 0 Å². The normalized spacial score (nSPS) is 33.0. The van der Waals surface area contributed by atoms with E-state index in [0.717, 1.165) is 11.8 Å². The summed E-state index contributed by atoms with van der Waals surface area (Å²) in [5.74, 6) is 2.14. The Morgan fingerprint density at radius 3 is 2.76 bits per heavy atom. The molecule has 1 aromatic carbocycles. The van der Waals surface area contributed by atoms with E-state index >= 15 is 0 Å². The third kappa shape index (κ3) is 2.77. The van der Waals surface area contributed by atoms with Gasteiger partial charge >= 0.3 is 0 Å². The molecule has 2 saturated carbocycles. The minimum Gasteiger partial charge on any atom is -0.316 e. The molecule has 1 N–H and O–H groups in total. The summed E-state index contributed by atoms with van der Waals surface area (Å²) in [5.41, 5.74) is 5.43. The topological polar surface area (TPSA) is 12.0 Å². The highest BCUT2D eigenvalue weighted by Gasteiger charge is 2.53. The van der Waals surface area contributed by atoms with Gasteiger partial charge in [-0.1, -0.05) is 25.1 Å². The van der Waals surface area contributed by atoms with E-state index in [9.17, 15) is 0 Å². The fourth-order valence-electron chi connectivity index (χ4n) is 5.06. The monoisotopic (exact) mass is 283 g/mol. The first kappa shape index (κ1) is 13.8. The molecule has 0 amide bonds. The summed E-state index contributed by atoms with van der Waals surface area (Å²) in [5, 5.41) is 3.73. The third-order valence-corrected chi connectivity index (χ3v) is 6.13. The predicted molar refractivity (Wildman–Crippen MR) is 88.6 cm³/mol. The number of hydrogen-bond donors (Lipinski definition) is 1. The molecule has 0 radical (unpaired) electrons. The molecule has 2 atom stereocenters. The molecule has 0 aliphatic heterocycles. The van der Waals surface area contributed by atoms with E-state index in [1.165, 1.54) is 64.5 Å². The van der Waals surface area contributed by atoms with Crippen LogP contribution in [0.1, 0.15) is 55.7 Å². The number of fused-ring (bicyclic) bond motifs is 2. The summed E-state index contributed by atoms with van der Waals surface area (Å²) in [6.07, 6.45) is 11.0. The second kappa shape index (κ2) is 5.43. The van der Waals surface area contributed by atoms with Gasteiger partial charge in [-0.2, -0.15) is 0 Å². The number of rotatable bonds is 6. The smallest absolute Gasteiger partial charge is 0.00112 e. The van der Waals surface area contributed by atoms with Crippen LogP contribution in [-0.4, -0.2) is 13.1 Å². The van der Waals surface area contributed by atoms with Gasteiger partial charge < -0.3 is 5.32 Å². The van der Waals surface area contributed by atoms with Crippen LogP contribution < -0.4 is 5.32 Å². The number of nitrogens with one attached hydrogen (secondary N) is 1. The molecule has 1 aromatic rings. The van der Waals surface area contributed by atoms with E-state index in [1.807, 2.05) is 0 Å². The summed E-state index contributed by atoms with van der Waals surface area (Å²) in [6, 6.07) is 7.38. The molecule has 2 unspecified atom stereocenters. The van der Waals surface area contributed by atoms with Gasteiger partial charge in [-0.3, -0.25) is 0 Å². The molecule has 0 aromatic heterocycles. The maximum atomic E-state index is 3.73. The largest absolute Gasteiger partial charge is 0.316 e. The lowest BCUT2D eigenvalue weighted by Gasteiger charge is -2.32. The Kier molecular flexibility index (Phi) is 3.57. The van der Waals surface area contributed by atoms with Gasteiger partial charge in [-0.15, -0.1) is 0 Å². The van der Waals surface area contributed by atoms with Gasteiger partial charge in [0, 0.05) is 6.54 Å². The first-order chi connectivity index (χ1) is 10.3. The number of benzene rings is 1. The minimum atomic E-state index is 0.565. The second-order valence-corrected chi connectivity index (χ2v) is 7.97. The van der Waals surface area contributed by atoms with Crippen molar-refractivity contribution in [3.63, 3.8) is 0 Å². The molecule has 4 rings (SSSR count). The zero-order valence-corrected chi connectivity index (χ0v) is 13.5. The molecule has 0 spiro atoms. The first-order valence-electron chi connectivity index (χ1n) is 9.09. The van der Waals surface area contributed by atoms with Crippen molar-refractivity contribution >= 4 is 0 Å². The molecular weight excluding hydrogens is 254 g/mol. The maximum Gasteiger partial charge on any atom is 0.00112 e. The van der Waals surface area contributed by atoms with Crippen LogP contribution in [0.15, 0.2) is 18.2 Å². The molecule has 0 saturated heterocycles. The number of aryl methyl sites for hydroxylation is 2. The lowest BCUT2D eigenvalue weighted by molar-refractivity contribution is 0.249. The van der Waals surface area contributed by atoms with Crippen LogP contribution in [-0.2, 0) is 19.3 Å². The van der Waals surface area contributed by atoms with Gasteiger partial charge in [0.2, 0.25) is 0 Å². The van der Waals surface area contributed by atoms with Crippen molar-refractivity contribution in [3.8, 4) is 0 Å². The fourth-order valence-corrected chi connectivity index (χ4v) is 5.06. The molecule has 3 aliphatic rings. The van der Waals surface area contributed by atoms with Crippen LogP contribution in [0, 0.1) is 17.3 Å². The van der Waals surface area contributed by atoms with Crippen LogP contribution in [0.3, 0.4) is 0 Å². The summed E-state index contributed by atoms with van der Waals surface area (Å²) in [7, 11) is 0. The zero-order chi connectivity index (χ0) is 14.3. The summed E-state index contributed by atoms with van der Waals surface area (Å²) in [6.45, 7) is 4.69. The average molecular weight is 283 g/mol. The van der Waals surface area contributed by atoms with Gasteiger partial charge in [-0.25, -0.2) is 0 Å². The molecule has 2 fully saturated rings. The molecule has 21 heavy (non-hydrogen) atoms. The van der Waals surface area contributed by atoms with Crippen molar-refractivity contribution in [2.45, 2.75) is 58.3 Å². The van der Waals surface area contributed by atoms with Crippen molar-refractivity contribution in [3.05, 3.63) is 34.9 Å². The second-order valence-electron chi connectivity index (χ2n) is 7.97. The highest BCUT2D eigenvalue weighted by Crippen LogP contribution is 2.60. The Bertz CT molecular complexity index is 509. The Morgan fingerprint density at radius 1 is 1.14 bits per heavy atom. The first-order valence-corrected chi connectivity index (χ1v) is 9.09. The van der Waals surface area contributed by atoms with E-state index in [4.69, 9.17) is 0 Å².